The number of anilines is 2. The van der Waals surface area contributed by atoms with E-state index in [4.69, 9.17) is 5.84 Å². The summed E-state index contributed by atoms with van der Waals surface area (Å²) in [6.07, 6.45) is 7.39. The van der Waals surface area contributed by atoms with Gasteiger partial charge in [0.25, 0.3) is 0 Å². The van der Waals surface area contributed by atoms with Crippen LogP contribution in [0, 0.1) is 0 Å². The van der Waals surface area contributed by atoms with Crippen LogP contribution in [0.1, 0.15) is 51.8 Å². The van der Waals surface area contributed by atoms with E-state index >= 15 is 0 Å². The van der Waals surface area contributed by atoms with Crippen LogP contribution in [0.25, 0.3) is 0 Å². The molecule has 0 radical (unpaired) electrons. The number of nitrogen functional groups attached to an aromatic ring is 1. The fourth-order valence-electron chi connectivity index (χ4n) is 2.86. The Labute approximate surface area is 115 Å². The Balaban J connectivity index is 2.25. The van der Waals surface area contributed by atoms with Crippen LogP contribution in [-0.2, 0) is 6.42 Å². The molecule has 0 amide bonds. The van der Waals surface area contributed by atoms with Gasteiger partial charge in [0.1, 0.15) is 17.5 Å². The Morgan fingerprint density at radius 2 is 2.00 bits per heavy atom. The number of hydrogen-bond acceptors (Lipinski definition) is 5. The highest BCUT2D eigenvalue weighted by Gasteiger charge is 2.21. The maximum Gasteiger partial charge on any atom is 0.145 e. The second-order valence-corrected chi connectivity index (χ2v) is 5.10. The SMILES string of the molecule is CCc1nc(NN)cc(N(CC)C2CCCCC2)n1. The summed E-state index contributed by atoms with van der Waals surface area (Å²) in [6, 6.07) is 2.57. The monoisotopic (exact) mass is 263 g/mol. The van der Waals surface area contributed by atoms with Gasteiger partial charge in [-0.1, -0.05) is 26.2 Å². The van der Waals surface area contributed by atoms with Crippen LogP contribution in [-0.4, -0.2) is 22.6 Å². The van der Waals surface area contributed by atoms with Crippen molar-refractivity contribution in [3.63, 3.8) is 0 Å². The van der Waals surface area contributed by atoms with Crippen LogP contribution >= 0.6 is 0 Å². The summed E-state index contributed by atoms with van der Waals surface area (Å²) in [5.41, 5.74) is 2.65. The number of nitrogens with one attached hydrogen (secondary N) is 1. The molecule has 3 N–H and O–H groups in total. The summed E-state index contributed by atoms with van der Waals surface area (Å²) in [5, 5.41) is 0. The first-order valence-electron chi connectivity index (χ1n) is 7.39. The van der Waals surface area contributed by atoms with Crippen LogP contribution in [0.4, 0.5) is 11.6 Å². The molecular formula is C14H25N5. The van der Waals surface area contributed by atoms with Gasteiger partial charge in [0, 0.05) is 25.1 Å². The molecule has 106 valence electrons. The molecule has 2 rings (SSSR count). The summed E-state index contributed by atoms with van der Waals surface area (Å²) in [6.45, 7) is 5.24. The smallest absolute Gasteiger partial charge is 0.145 e. The van der Waals surface area contributed by atoms with Crippen molar-refractivity contribution >= 4 is 11.6 Å². The number of hydrogen-bond donors (Lipinski definition) is 2. The molecule has 1 heterocycles. The van der Waals surface area contributed by atoms with Gasteiger partial charge < -0.3 is 10.3 Å². The Morgan fingerprint density at radius 1 is 1.26 bits per heavy atom. The van der Waals surface area contributed by atoms with E-state index in [0.29, 0.717) is 11.9 Å². The van der Waals surface area contributed by atoms with Crippen molar-refractivity contribution in [1.82, 2.24) is 9.97 Å². The molecule has 1 fully saturated rings. The van der Waals surface area contributed by atoms with Gasteiger partial charge in [-0.15, -0.1) is 0 Å². The van der Waals surface area contributed by atoms with E-state index in [0.717, 1.165) is 24.6 Å². The largest absolute Gasteiger partial charge is 0.354 e. The molecule has 0 aliphatic heterocycles. The maximum atomic E-state index is 5.50. The van der Waals surface area contributed by atoms with Crippen molar-refractivity contribution in [2.45, 2.75) is 58.4 Å². The van der Waals surface area contributed by atoms with Crippen molar-refractivity contribution in [2.24, 2.45) is 5.84 Å². The third kappa shape index (κ3) is 3.35. The first-order valence-corrected chi connectivity index (χ1v) is 7.39. The van der Waals surface area contributed by atoms with Crippen molar-refractivity contribution in [2.75, 3.05) is 16.9 Å². The molecule has 5 nitrogen and oxygen atoms in total. The Kier molecular flexibility index (Phi) is 4.96. The molecule has 0 unspecified atom stereocenters. The van der Waals surface area contributed by atoms with Gasteiger partial charge in [-0.2, -0.15) is 0 Å². The third-order valence-electron chi connectivity index (χ3n) is 3.87. The maximum absolute atomic E-state index is 5.50. The van der Waals surface area contributed by atoms with Crippen LogP contribution < -0.4 is 16.2 Å². The van der Waals surface area contributed by atoms with E-state index in [9.17, 15) is 0 Å². The summed E-state index contributed by atoms with van der Waals surface area (Å²) >= 11 is 0. The van der Waals surface area contributed by atoms with Crippen LogP contribution in [0.15, 0.2) is 6.07 Å². The van der Waals surface area contributed by atoms with E-state index in [1.54, 1.807) is 0 Å². The van der Waals surface area contributed by atoms with Gasteiger partial charge in [-0.05, 0) is 19.8 Å². The lowest BCUT2D eigenvalue weighted by Gasteiger charge is -2.34. The average molecular weight is 263 g/mol. The molecule has 1 aromatic heterocycles. The summed E-state index contributed by atoms with van der Waals surface area (Å²) in [5.74, 6) is 8.06. The minimum absolute atomic E-state index is 0.615. The standard InChI is InChI=1S/C14H25N5/c1-3-12-16-13(18-15)10-14(17-12)19(4-2)11-8-6-5-7-9-11/h10-11H,3-9,15H2,1-2H3,(H,16,17,18). The predicted octanol–water partition coefficient (Wildman–Crippen LogP) is 2.48. The number of aryl methyl sites for hydroxylation is 1. The van der Waals surface area contributed by atoms with Crippen LogP contribution in [0.3, 0.4) is 0 Å². The number of rotatable bonds is 5. The van der Waals surface area contributed by atoms with Crippen LogP contribution in [0.5, 0.6) is 0 Å². The molecular weight excluding hydrogens is 238 g/mol. The number of nitrogens with zero attached hydrogens (tertiary/aromatic N) is 3. The third-order valence-corrected chi connectivity index (χ3v) is 3.87. The fraction of sp³-hybridized carbons (Fsp3) is 0.714. The fourth-order valence-corrected chi connectivity index (χ4v) is 2.86. The molecule has 0 spiro atoms. The zero-order valence-electron chi connectivity index (χ0n) is 12.0. The van der Waals surface area contributed by atoms with E-state index < -0.39 is 0 Å². The quantitative estimate of drug-likeness (QED) is 0.631. The lowest BCUT2D eigenvalue weighted by molar-refractivity contribution is 0.416. The van der Waals surface area contributed by atoms with E-state index in [1.165, 1.54) is 32.1 Å². The van der Waals surface area contributed by atoms with Crippen LogP contribution in [0.2, 0.25) is 0 Å². The molecule has 1 aromatic rings. The van der Waals surface area contributed by atoms with E-state index in [1.807, 2.05) is 6.07 Å². The minimum Gasteiger partial charge on any atom is -0.354 e. The molecule has 1 aliphatic carbocycles. The first kappa shape index (κ1) is 14.1. The van der Waals surface area contributed by atoms with Gasteiger partial charge in [0.15, 0.2) is 0 Å². The average Bonchev–Trinajstić information content (AvgIpc) is 2.48. The van der Waals surface area contributed by atoms with E-state index in [-0.39, 0.29) is 0 Å². The first-order chi connectivity index (χ1) is 9.28. The molecule has 1 saturated carbocycles. The van der Waals surface area contributed by atoms with Gasteiger partial charge in [0.05, 0.1) is 0 Å². The highest BCUT2D eigenvalue weighted by molar-refractivity contribution is 5.49. The summed E-state index contributed by atoms with van der Waals surface area (Å²) in [7, 11) is 0. The Hall–Kier alpha value is -1.36. The Bertz CT molecular complexity index is 379. The molecule has 0 saturated heterocycles. The van der Waals surface area contributed by atoms with Gasteiger partial charge in [-0.25, -0.2) is 15.8 Å². The van der Waals surface area contributed by atoms with Crippen molar-refractivity contribution < 1.29 is 0 Å². The van der Waals surface area contributed by atoms with Gasteiger partial charge in [0.2, 0.25) is 0 Å². The lowest BCUT2D eigenvalue weighted by Crippen LogP contribution is -2.37. The summed E-state index contributed by atoms with van der Waals surface area (Å²) < 4.78 is 0. The highest BCUT2D eigenvalue weighted by Crippen LogP contribution is 2.27. The second-order valence-electron chi connectivity index (χ2n) is 5.10. The summed E-state index contributed by atoms with van der Waals surface area (Å²) in [4.78, 5) is 11.4. The van der Waals surface area contributed by atoms with Gasteiger partial charge in [-0.3, -0.25) is 0 Å². The zero-order valence-corrected chi connectivity index (χ0v) is 12.0. The zero-order chi connectivity index (χ0) is 13.7. The number of aromatic nitrogens is 2. The molecule has 19 heavy (non-hydrogen) atoms. The van der Waals surface area contributed by atoms with Gasteiger partial charge >= 0.3 is 0 Å². The Morgan fingerprint density at radius 3 is 2.58 bits per heavy atom. The topological polar surface area (TPSA) is 67.1 Å². The highest BCUT2D eigenvalue weighted by atomic mass is 15.3. The molecule has 0 aromatic carbocycles. The number of nitrogens with two attached hydrogens (primary N) is 1. The van der Waals surface area contributed by atoms with E-state index in [2.05, 4.69) is 34.1 Å². The molecule has 5 heteroatoms. The molecule has 1 aliphatic rings. The second kappa shape index (κ2) is 6.70. The van der Waals surface area contributed by atoms with Crippen molar-refractivity contribution in [1.29, 1.82) is 0 Å². The normalized spacial score (nSPS) is 16.4. The molecule has 0 bridgehead atoms. The molecule has 0 atom stereocenters. The van der Waals surface area contributed by atoms with Crippen molar-refractivity contribution in [3.8, 4) is 0 Å². The minimum atomic E-state index is 0.615. The lowest BCUT2D eigenvalue weighted by atomic mass is 9.94. The number of hydrazine groups is 1. The predicted molar refractivity (Wildman–Crippen MR) is 79.1 cm³/mol. The van der Waals surface area contributed by atoms with Crippen molar-refractivity contribution in [3.05, 3.63) is 11.9 Å².